The van der Waals surface area contributed by atoms with Gasteiger partial charge in [0.25, 0.3) is 0 Å². The van der Waals surface area contributed by atoms with Crippen molar-refractivity contribution in [3.63, 3.8) is 0 Å². The molecule has 0 aliphatic carbocycles. The van der Waals surface area contributed by atoms with Gasteiger partial charge in [0.15, 0.2) is 0 Å². The summed E-state index contributed by atoms with van der Waals surface area (Å²) in [6.07, 6.45) is 1.07. The number of esters is 2. The monoisotopic (exact) mass is 318 g/mol. The molecule has 0 bridgehead atoms. The van der Waals surface area contributed by atoms with Gasteiger partial charge in [-0.1, -0.05) is 5.16 Å². The lowest BCUT2D eigenvalue weighted by molar-refractivity contribution is -0.144. The van der Waals surface area contributed by atoms with Crippen LogP contribution in [0.3, 0.4) is 0 Å². The van der Waals surface area contributed by atoms with Gasteiger partial charge < -0.3 is 29.9 Å². The lowest BCUT2D eigenvalue weighted by Crippen LogP contribution is -2.17. The van der Waals surface area contributed by atoms with Gasteiger partial charge in [-0.15, -0.1) is 0 Å². The maximum atomic E-state index is 11.6. The number of rotatable bonds is 11. The highest BCUT2D eigenvalue weighted by Crippen LogP contribution is 2.03. The van der Waals surface area contributed by atoms with E-state index in [1.807, 2.05) is 0 Å². The first-order valence-corrected chi connectivity index (χ1v) is 6.78. The van der Waals surface area contributed by atoms with E-state index in [-0.39, 0.29) is 45.3 Å². The van der Waals surface area contributed by atoms with E-state index in [1.54, 1.807) is 13.8 Å². The molecule has 0 saturated carbocycles. The lowest BCUT2D eigenvalue weighted by atomic mass is 10.4. The minimum Gasteiger partial charge on any atom is -0.463 e. The fraction of sp³-hybridized carbons (Fsp3) is 0.615. The summed E-state index contributed by atoms with van der Waals surface area (Å²) in [7, 11) is 0. The molecule has 3 N–H and O–H groups in total. The Bertz CT molecular complexity index is 407. The normalized spacial score (nSPS) is 12.0. The van der Waals surface area contributed by atoms with E-state index in [4.69, 9.17) is 25.2 Å². The highest BCUT2D eigenvalue weighted by atomic mass is 16.7. The summed E-state index contributed by atoms with van der Waals surface area (Å²) in [5, 5.41) is 12.0. The highest BCUT2D eigenvalue weighted by molar-refractivity contribution is 5.94. The van der Waals surface area contributed by atoms with E-state index in [0.717, 1.165) is 6.08 Å². The number of hydrogen-bond donors (Lipinski definition) is 2. The van der Waals surface area contributed by atoms with Crippen LogP contribution in [0.2, 0.25) is 0 Å². The predicted molar refractivity (Wildman–Crippen MR) is 76.6 cm³/mol. The van der Waals surface area contributed by atoms with Crippen LogP contribution in [0.25, 0.3) is 0 Å². The number of ether oxygens (including phenoxy) is 3. The lowest BCUT2D eigenvalue weighted by Gasteiger charge is -2.06. The van der Waals surface area contributed by atoms with Crippen LogP contribution in [0.15, 0.2) is 17.0 Å². The quantitative estimate of drug-likeness (QED) is 0.101. The molecule has 0 unspecified atom stereocenters. The number of aliphatic hydroxyl groups excluding tert-OH is 1. The van der Waals surface area contributed by atoms with Gasteiger partial charge in [-0.2, -0.15) is 0 Å². The summed E-state index contributed by atoms with van der Waals surface area (Å²) >= 11 is 0. The Hall–Kier alpha value is -2.13. The number of amidine groups is 1. The zero-order valence-corrected chi connectivity index (χ0v) is 12.7. The second-order valence-electron chi connectivity index (χ2n) is 3.74. The molecule has 22 heavy (non-hydrogen) atoms. The minimum atomic E-state index is -0.858. The first kappa shape index (κ1) is 19.9. The molecule has 0 rings (SSSR count). The van der Waals surface area contributed by atoms with Crippen LogP contribution < -0.4 is 5.73 Å². The molecule has 0 fully saturated rings. The maximum absolute atomic E-state index is 11.6. The third-order valence-corrected chi connectivity index (χ3v) is 2.01. The van der Waals surface area contributed by atoms with E-state index in [9.17, 15) is 9.59 Å². The van der Waals surface area contributed by atoms with Gasteiger partial charge in [-0.05, 0) is 13.8 Å². The predicted octanol–water partition coefficient (Wildman–Crippen LogP) is -0.316. The van der Waals surface area contributed by atoms with Gasteiger partial charge in [-0.3, -0.25) is 0 Å². The standard InChI is InChI=1S/C13H22N2O7/c1-3-20-12(17)9-10(13(18)21-4-2)22-15-11(14)5-7-19-8-6-16/h9,16H,3-8H2,1-2H3,(H2,14,15)/b10-9+. The molecule has 0 heterocycles. The van der Waals surface area contributed by atoms with Crippen molar-refractivity contribution in [2.45, 2.75) is 20.3 Å². The van der Waals surface area contributed by atoms with Gasteiger partial charge >= 0.3 is 11.9 Å². The Morgan fingerprint density at radius 2 is 1.86 bits per heavy atom. The summed E-state index contributed by atoms with van der Waals surface area (Å²) < 4.78 is 14.4. The topological polar surface area (TPSA) is 130 Å². The molecule has 0 atom stereocenters. The molecule has 0 aromatic rings. The molecule has 0 aromatic heterocycles. The molecule has 0 aliphatic heterocycles. The van der Waals surface area contributed by atoms with E-state index in [2.05, 4.69) is 9.89 Å². The third kappa shape index (κ3) is 9.72. The molecule has 0 spiro atoms. The summed E-state index contributed by atoms with van der Waals surface area (Å²) in [4.78, 5) is 27.8. The summed E-state index contributed by atoms with van der Waals surface area (Å²) in [5.41, 5.74) is 5.55. The van der Waals surface area contributed by atoms with Crippen LogP contribution in [0.1, 0.15) is 20.3 Å². The van der Waals surface area contributed by atoms with Crippen LogP contribution >= 0.6 is 0 Å². The van der Waals surface area contributed by atoms with Crippen molar-refractivity contribution < 1.29 is 33.7 Å². The van der Waals surface area contributed by atoms with E-state index in [1.165, 1.54) is 0 Å². The fourth-order valence-electron chi connectivity index (χ4n) is 1.11. The van der Waals surface area contributed by atoms with Gasteiger partial charge in [0, 0.05) is 6.42 Å². The third-order valence-electron chi connectivity index (χ3n) is 2.01. The number of carbonyl (C=O) groups is 2. The van der Waals surface area contributed by atoms with Crippen molar-refractivity contribution in [3.05, 3.63) is 11.8 Å². The maximum Gasteiger partial charge on any atom is 0.377 e. The first-order chi connectivity index (χ1) is 10.5. The van der Waals surface area contributed by atoms with Crippen LogP contribution in [0.5, 0.6) is 0 Å². The van der Waals surface area contributed by atoms with Crippen molar-refractivity contribution in [2.75, 3.05) is 33.0 Å². The summed E-state index contributed by atoms with van der Waals surface area (Å²) in [6, 6.07) is 0. The molecule has 0 aliphatic rings. The van der Waals surface area contributed by atoms with Crippen LogP contribution in [0.4, 0.5) is 0 Å². The van der Waals surface area contributed by atoms with Crippen LogP contribution in [-0.4, -0.2) is 55.9 Å². The second-order valence-corrected chi connectivity index (χ2v) is 3.74. The fourth-order valence-corrected chi connectivity index (χ4v) is 1.11. The molecule has 9 heteroatoms. The van der Waals surface area contributed by atoms with Crippen molar-refractivity contribution in [2.24, 2.45) is 10.9 Å². The van der Waals surface area contributed by atoms with E-state index >= 15 is 0 Å². The Morgan fingerprint density at radius 3 is 2.45 bits per heavy atom. The number of carbonyl (C=O) groups excluding carboxylic acids is 2. The Labute approximate surface area is 128 Å². The highest BCUT2D eigenvalue weighted by Gasteiger charge is 2.16. The number of nitrogens with two attached hydrogens (primary N) is 1. The Morgan fingerprint density at radius 1 is 1.18 bits per heavy atom. The Balaban J connectivity index is 4.62. The van der Waals surface area contributed by atoms with E-state index in [0.29, 0.717) is 0 Å². The summed E-state index contributed by atoms with van der Waals surface area (Å²) in [5.74, 6) is -1.99. The number of hydrogen-bond acceptors (Lipinski definition) is 8. The molecule has 0 aromatic carbocycles. The summed E-state index contributed by atoms with van der Waals surface area (Å²) in [6.45, 7) is 3.81. The molecular formula is C13H22N2O7. The van der Waals surface area contributed by atoms with Gasteiger partial charge in [0.05, 0.1) is 39.1 Å². The van der Waals surface area contributed by atoms with Crippen molar-refractivity contribution in [1.29, 1.82) is 0 Å². The smallest absolute Gasteiger partial charge is 0.377 e. The minimum absolute atomic E-state index is 0.0528. The molecule has 0 radical (unpaired) electrons. The molecule has 0 saturated heterocycles. The van der Waals surface area contributed by atoms with E-state index < -0.39 is 17.7 Å². The molecule has 0 amide bonds. The van der Waals surface area contributed by atoms with Gasteiger partial charge in [0.2, 0.25) is 5.76 Å². The second kappa shape index (κ2) is 12.6. The first-order valence-electron chi connectivity index (χ1n) is 6.78. The largest absolute Gasteiger partial charge is 0.463 e. The molecule has 9 nitrogen and oxygen atoms in total. The average molecular weight is 318 g/mol. The number of aliphatic hydroxyl groups is 1. The molecular weight excluding hydrogens is 296 g/mol. The average Bonchev–Trinajstić information content (AvgIpc) is 2.48. The zero-order valence-electron chi connectivity index (χ0n) is 12.7. The SMILES string of the molecule is CCOC(=O)/C=C(/ON=C(N)CCOCCO)C(=O)OCC. The van der Waals surface area contributed by atoms with Gasteiger partial charge in [-0.25, -0.2) is 9.59 Å². The van der Waals surface area contributed by atoms with Crippen molar-refractivity contribution >= 4 is 17.8 Å². The number of oxime groups is 1. The Kier molecular flexibility index (Phi) is 11.4. The number of nitrogens with zero attached hydrogens (tertiary/aromatic N) is 1. The van der Waals surface area contributed by atoms with Crippen molar-refractivity contribution in [3.8, 4) is 0 Å². The molecule has 126 valence electrons. The van der Waals surface area contributed by atoms with Crippen LogP contribution in [0, 0.1) is 0 Å². The van der Waals surface area contributed by atoms with Crippen LogP contribution in [-0.2, 0) is 28.6 Å². The van der Waals surface area contributed by atoms with Crippen molar-refractivity contribution in [1.82, 2.24) is 0 Å². The zero-order chi connectivity index (χ0) is 16.8. The van der Waals surface area contributed by atoms with Gasteiger partial charge in [0.1, 0.15) is 5.84 Å².